The minimum absolute atomic E-state index is 0.00200. The van der Waals surface area contributed by atoms with Gasteiger partial charge in [-0.25, -0.2) is 13.4 Å². The first-order valence-corrected chi connectivity index (χ1v) is 25.0. The van der Waals surface area contributed by atoms with E-state index in [1.54, 1.807) is 18.2 Å². The zero-order valence-corrected chi connectivity index (χ0v) is 38.5. The lowest BCUT2D eigenvalue weighted by molar-refractivity contribution is -0.221. The maximum atomic E-state index is 13.4. The molecule has 2 heterocycles. The quantitative estimate of drug-likeness (QED) is 0.182. The lowest BCUT2D eigenvalue weighted by Gasteiger charge is -2.72. The van der Waals surface area contributed by atoms with Crippen LogP contribution in [-0.2, 0) is 19.4 Å². The van der Waals surface area contributed by atoms with E-state index < -0.39 is 15.3 Å². The molecule has 0 spiro atoms. The van der Waals surface area contributed by atoms with Crippen LogP contribution in [-0.4, -0.2) is 81.2 Å². The standard InChI is InChI=1S/C50H72N4O5S/c1-34(2)37-16-23-50(52-26-27-54-28-30-60(56,57)31-29-54)25-24-47(6)39(43(37)50)12-13-41-46(5)19-17-38(45(3,4)40(46)18-20-48(41,47)7)35-14-21-49(22-15-35,44(55)58-8)33-59-42-11-9-10-36(32-51)53-42/h9-11,14,17,37,39-41,43,52H,1,12-13,15-16,18-31,33H2,2-8H3/t37-,39+,40-,41+,43+,46-,47+,48+,49?,50-/m0/s1. The van der Waals surface area contributed by atoms with Gasteiger partial charge in [0.15, 0.2) is 9.84 Å². The number of carbonyl (C=O) groups excluding carboxylic acids is 1. The fraction of sp³-hybridized carbons (Fsp3) is 0.740. The molecular weight excluding hydrogens is 769 g/mol. The Labute approximate surface area is 361 Å². The number of ether oxygens (including phenoxy) is 2. The minimum Gasteiger partial charge on any atom is -0.476 e. The topological polar surface area (TPSA) is 122 Å². The molecular formula is C50H72N4O5S. The number of nitriles is 1. The van der Waals surface area contributed by atoms with E-state index in [1.807, 2.05) is 0 Å². The summed E-state index contributed by atoms with van der Waals surface area (Å²) in [4.78, 5) is 20.0. The Balaban J connectivity index is 1.01. The largest absolute Gasteiger partial charge is 0.476 e. The maximum absolute atomic E-state index is 13.4. The highest BCUT2D eigenvalue weighted by atomic mass is 32.2. The Morgan fingerprint density at radius 1 is 0.967 bits per heavy atom. The average molecular weight is 841 g/mol. The molecule has 1 unspecified atom stereocenters. The number of hydrogen-bond acceptors (Lipinski definition) is 9. The zero-order chi connectivity index (χ0) is 42.9. The Bertz CT molecular complexity index is 2080. The molecule has 328 valence electrons. The van der Waals surface area contributed by atoms with Crippen molar-refractivity contribution in [1.29, 1.82) is 5.26 Å². The fourth-order valence-electron chi connectivity index (χ4n) is 15.5. The van der Waals surface area contributed by atoms with Crippen LogP contribution in [0.4, 0.5) is 0 Å². The molecule has 4 saturated carbocycles. The normalized spacial score (nSPS) is 40.6. The molecule has 6 aliphatic carbocycles. The highest BCUT2D eigenvalue weighted by Crippen LogP contribution is 2.76. The van der Waals surface area contributed by atoms with Gasteiger partial charge in [0.25, 0.3) is 0 Å². The second-order valence-electron chi connectivity index (χ2n) is 21.8. The number of rotatable bonds is 10. The number of fused-ring (bicyclic) bond motifs is 7. The highest BCUT2D eigenvalue weighted by molar-refractivity contribution is 7.91. The number of aromatic nitrogens is 1. The number of esters is 1. The molecule has 10 atom stereocenters. The molecule has 1 saturated heterocycles. The van der Waals surface area contributed by atoms with E-state index in [-0.39, 0.29) is 45.5 Å². The summed E-state index contributed by atoms with van der Waals surface area (Å²) in [5.74, 6) is 3.70. The van der Waals surface area contributed by atoms with Gasteiger partial charge < -0.3 is 19.7 Å². The first-order valence-electron chi connectivity index (χ1n) is 23.2. The molecule has 1 aliphatic heterocycles. The summed E-state index contributed by atoms with van der Waals surface area (Å²) in [6, 6.07) is 7.19. The molecule has 7 aliphatic rings. The predicted molar refractivity (Wildman–Crippen MR) is 237 cm³/mol. The molecule has 1 N–H and O–H groups in total. The van der Waals surface area contributed by atoms with Crippen LogP contribution in [0.25, 0.3) is 0 Å². The molecule has 8 rings (SSSR count). The van der Waals surface area contributed by atoms with Gasteiger partial charge in [-0.2, -0.15) is 5.26 Å². The van der Waals surface area contributed by atoms with E-state index in [2.05, 4.69) is 81.5 Å². The average Bonchev–Trinajstić information content (AvgIpc) is 3.61. The van der Waals surface area contributed by atoms with Gasteiger partial charge in [0, 0.05) is 37.8 Å². The van der Waals surface area contributed by atoms with Gasteiger partial charge in [0.2, 0.25) is 5.88 Å². The Morgan fingerprint density at radius 3 is 2.42 bits per heavy atom. The Morgan fingerprint density at radius 2 is 1.73 bits per heavy atom. The Hall–Kier alpha value is -3.00. The van der Waals surface area contributed by atoms with Crippen molar-refractivity contribution in [3.63, 3.8) is 0 Å². The van der Waals surface area contributed by atoms with Crippen LogP contribution in [0.3, 0.4) is 0 Å². The van der Waals surface area contributed by atoms with Crippen LogP contribution in [0.2, 0.25) is 0 Å². The minimum atomic E-state index is -2.88. The summed E-state index contributed by atoms with van der Waals surface area (Å²) < 4.78 is 35.7. The monoisotopic (exact) mass is 841 g/mol. The third kappa shape index (κ3) is 7.03. The third-order valence-corrected chi connectivity index (χ3v) is 20.5. The smallest absolute Gasteiger partial charge is 0.315 e. The molecule has 1 aromatic heterocycles. The molecule has 0 radical (unpaired) electrons. The van der Waals surface area contributed by atoms with E-state index in [0.717, 1.165) is 25.9 Å². The third-order valence-electron chi connectivity index (χ3n) is 18.9. The lowest BCUT2D eigenvalue weighted by Crippen LogP contribution is -2.68. The van der Waals surface area contributed by atoms with Gasteiger partial charge >= 0.3 is 5.97 Å². The molecule has 60 heavy (non-hydrogen) atoms. The van der Waals surface area contributed by atoms with Crippen LogP contribution >= 0.6 is 0 Å². The first-order chi connectivity index (χ1) is 28.4. The van der Waals surface area contributed by atoms with Crippen LogP contribution in [0.1, 0.15) is 124 Å². The van der Waals surface area contributed by atoms with Crippen LogP contribution in [0.15, 0.2) is 53.6 Å². The molecule has 5 fully saturated rings. The van der Waals surface area contributed by atoms with Crippen molar-refractivity contribution in [3.8, 4) is 11.9 Å². The van der Waals surface area contributed by atoms with Crippen molar-refractivity contribution < 1.29 is 22.7 Å². The van der Waals surface area contributed by atoms with Crippen molar-refractivity contribution in [2.75, 3.05) is 51.4 Å². The number of nitrogens with one attached hydrogen (secondary N) is 1. The first kappa shape index (κ1) is 43.6. The highest BCUT2D eigenvalue weighted by Gasteiger charge is 2.70. The molecule has 10 heteroatoms. The summed E-state index contributed by atoms with van der Waals surface area (Å²) in [5, 5.41) is 13.5. The van der Waals surface area contributed by atoms with Gasteiger partial charge in [0.05, 0.1) is 18.6 Å². The van der Waals surface area contributed by atoms with E-state index in [9.17, 15) is 18.5 Å². The molecule has 1 aromatic rings. The molecule has 9 nitrogen and oxygen atoms in total. The summed E-state index contributed by atoms with van der Waals surface area (Å²) in [6.45, 7) is 23.3. The fourth-order valence-corrected chi connectivity index (χ4v) is 16.8. The van der Waals surface area contributed by atoms with Crippen molar-refractivity contribution in [1.82, 2.24) is 15.2 Å². The molecule has 0 bridgehead atoms. The number of allylic oxidation sites excluding steroid dienone is 5. The van der Waals surface area contributed by atoms with Crippen molar-refractivity contribution in [2.45, 2.75) is 124 Å². The summed E-state index contributed by atoms with van der Waals surface area (Å²) in [7, 11) is -1.42. The second kappa shape index (κ2) is 15.7. The van der Waals surface area contributed by atoms with Gasteiger partial charge in [-0.05, 0) is 152 Å². The Kier molecular flexibility index (Phi) is 11.4. The van der Waals surface area contributed by atoms with Gasteiger partial charge in [-0.1, -0.05) is 65.0 Å². The second-order valence-corrected chi connectivity index (χ2v) is 24.1. The van der Waals surface area contributed by atoms with E-state index in [4.69, 9.17) is 9.47 Å². The number of hydrogen-bond donors (Lipinski definition) is 1. The summed E-state index contributed by atoms with van der Waals surface area (Å²) in [6.07, 6.45) is 18.0. The van der Waals surface area contributed by atoms with Crippen LogP contribution in [0.5, 0.6) is 5.88 Å². The molecule has 0 aromatic carbocycles. The maximum Gasteiger partial charge on any atom is 0.315 e. The van der Waals surface area contributed by atoms with Gasteiger partial charge in [-0.15, -0.1) is 0 Å². The van der Waals surface area contributed by atoms with E-state index in [1.165, 1.54) is 75.2 Å². The van der Waals surface area contributed by atoms with Crippen molar-refractivity contribution >= 4 is 15.8 Å². The van der Waals surface area contributed by atoms with Gasteiger partial charge in [-0.3, -0.25) is 4.79 Å². The summed E-state index contributed by atoms with van der Waals surface area (Å²) in [5.41, 5.74) is 4.55. The number of sulfone groups is 1. The predicted octanol–water partition coefficient (Wildman–Crippen LogP) is 8.87. The zero-order valence-electron chi connectivity index (χ0n) is 37.7. The van der Waals surface area contributed by atoms with Crippen LogP contribution < -0.4 is 10.1 Å². The van der Waals surface area contributed by atoms with Crippen LogP contribution in [0, 0.1) is 68.0 Å². The van der Waals surface area contributed by atoms with Crippen molar-refractivity contribution in [2.24, 2.45) is 56.7 Å². The van der Waals surface area contributed by atoms with E-state index in [0.29, 0.717) is 72.9 Å². The lowest BCUT2D eigenvalue weighted by atomic mass is 9.33. The SMILES string of the molecule is C=C(C)[C@@H]1CC[C@]2(NCCN3CCS(=O)(=O)CC3)CC[C@]3(C)[C@H](CC[C@@H]4[C@@]5(C)CC=C(C6=CCC(COc7cccc(C#N)n7)(C(=O)OC)CC6)C(C)(C)[C@@H]5CC[C@]43C)[C@@H]12. The summed E-state index contributed by atoms with van der Waals surface area (Å²) >= 11 is 0. The number of methoxy groups -OCH3 is 1. The number of carbonyl (C=O) groups is 1. The van der Waals surface area contributed by atoms with Crippen molar-refractivity contribution in [3.05, 3.63) is 59.3 Å². The van der Waals surface area contributed by atoms with Gasteiger partial charge in [0.1, 0.15) is 23.8 Å². The number of nitrogens with zero attached hydrogens (tertiary/aromatic N) is 3. The number of pyridine rings is 1. The molecule has 0 amide bonds. The van der Waals surface area contributed by atoms with E-state index >= 15 is 0 Å².